The van der Waals surface area contributed by atoms with Gasteiger partial charge in [0.05, 0.1) is 15.6 Å². The summed E-state index contributed by atoms with van der Waals surface area (Å²) in [7, 11) is 0. The number of hydrogen-bond acceptors (Lipinski definition) is 8. The number of aromatic nitrogens is 1. The van der Waals surface area contributed by atoms with E-state index >= 15 is 0 Å². The number of carbonyl (C=O) groups excluding carboxylic acids is 1. The zero-order chi connectivity index (χ0) is 26.5. The summed E-state index contributed by atoms with van der Waals surface area (Å²) in [6.07, 6.45) is 0.645. The van der Waals surface area contributed by atoms with Gasteiger partial charge < -0.3 is 19.2 Å². The SMILES string of the molecule is Cc1c(Cc2ccc3c(c2)OCO3)sc(NC(=O)c2cc(=O)c3ccccc3o2)c1-c1nc2ccccc2s1. The second-order valence-electron chi connectivity index (χ2n) is 9.13. The highest BCUT2D eigenvalue weighted by atomic mass is 32.1. The molecule has 0 atom stereocenters. The summed E-state index contributed by atoms with van der Waals surface area (Å²) in [6.45, 7) is 2.27. The molecule has 0 saturated heterocycles. The first-order valence-corrected chi connectivity index (χ1v) is 13.9. The van der Waals surface area contributed by atoms with E-state index in [1.165, 1.54) is 17.4 Å². The minimum absolute atomic E-state index is 0.0441. The Kier molecular flexibility index (Phi) is 5.68. The number of anilines is 1. The van der Waals surface area contributed by atoms with E-state index < -0.39 is 5.91 Å². The van der Waals surface area contributed by atoms with E-state index in [-0.39, 0.29) is 18.0 Å². The number of hydrogen-bond donors (Lipinski definition) is 1. The van der Waals surface area contributed by atoms with E-state index in [2.05, 4.69) is 5.32 Å². The predicted octanol–water partition coefficient (Wildman–Crippen LogP) is 7.01. The number of fused-ring (bicyclic) bond motifs is 3. The average molecular weight is 553 g/mol. The number of thiazole rings is 1. The van der Waals surface area contributed by atoms with E-state index in [4.69, 9.17) is 18.9 Å². The van der Waals surface area contributed by atoms with Crippen molar-refractivity contribution in [1.29, 1.82) is 0 Å². The number of benzene rings is 3. The molecular formula is C30H20N2O5S2. The fourth-order valence-corrected chi connectivity index (χ4v) is 7.05. The van der Waals surface area contributed by atoms with Gasteiger partial charge in [0.15, 0.2) is 22.7 Å². The van der Waals surface area contributed by atoms with E-state index in [0.717, 1.165) is 48.3 Å². The van der Waals surface area contributed by atoms with Crippen molar-refractivity contribution in [2.75, 3.05) is 12.1 Å². The quantitative estimate of drug-likeness (QED) is 0.247. The van der Waals surface area contributed by atoms with Crippen LogP contribution in [0.3, 0.4) is 0 Å². The van der Waals surface area contributed by atoms with E-state index in [0.29, 0.717) is 22.4 Å². The molecule has 1 N–H and O–H groups in total. The number of nitrogens with one attached hydrogen (secondary N) is 1. The Labute approximate surface area is 230 Å². The maximum Gasteiger partial charge on any atom is 0.292 e. The van der Waals surface area contributed by atoms with Gasteiger partial charge in [0.2, 0.25) is 6.79 Å². The fourth-order valence-electron chi connectivity index (χ4n) is 4.67. The molecule has 7 rings (SSSR count). The van der Waals surface area contributed by atoms with Crippen LogP contribution in [0.2, 0.25) is 0 Å². The topological polar surface area (TPSA) is 90.7 Å². The van der Waals surface area contributed by atoms with Gasteiger partial charge in [-0.3, -0.25) is 9.59 Å². The fraction of sp³-hybridized carbons (Fsp3) is 0.100. The first-order chi connectivity index (χ1) is 19.0. The number of carbonyl (C=O) groups is 1. The van der Waals surface area contributed by atoms with Crippen LogP contribution in [0, 0.1) is 6.92 Å². The summed E-state index contributed by atoms with van der Waals surface area (Å²) >= 11 is 3.07. The van der Waals surface area contributed by atoms with Crippen molar-refractivity contribution in [3.63, 3.8) is 0 Å². The summed E-state index contributed by atoms with van der Waals surface area (Å²) in [4.78, 5) is 32.0. The monoisotopic (exact) mass is 552 g/mol. The molecular weight excluding hydrogens is 532 g/mol. The van der Waals surface area contributed by atoms with Gasteiger partial charge in [0.25, 0.3) is 5.91 Å². The molecule has 3 aromatic carbocycles. The zero-order valence-corrected chi connectivity index (χ0v) is 22.3. The van der Waals surface area contributed by atoms with Gasteiger partial charge in [-0.05, 0) is 54.4 Å². The highest BCUT2D eigenvalue weighted by Gasteiger charge is 2.24. The molecule has 1 aliphatic rings. The number of nitrogens with zero attached hydrogens (tertiary/aromatic N) is 1. The number of thiophene rings is 1. The van der Waals surface area contributed by atoms with E-state index in [9.17, 15) is 9.59 Å². The van der Waals surface area contributed by atoms with E-state index in [1.807, 2.05) is 49.4 Å². The number of rotatable bonds is 5. The normalized spacial score (nSPS) is 12.3. The lowest BCUT2D eigenvalue weighted by Crippen LogP contribution is -2.14. The summed E-state index contributed by atoms with van der Waals surface area (Å²) < 4.78 is 17.9. The van der Waals surface area contributed by atoms with Crippen LogP contribution >= 0.6 is 22.7 Å². The van der Waals surface area contributed by atoms with Crippen LogP contribution in [0.1, 0.15) is 26.6 Å². The highest BCUT2D eigenvalue weighted by Crippen LogP contribution is 2.44. The highest BCUT2D eigenvalue weighted by molar-refractivity contribution is 7.23. The molecule has 0 aliphatic carbocycles. The lowest BCUT2D eigenvalue weighted by atomic mass is 10.1. The van der Waals surface area contributed by atoms with Crippen LogP contribution in [-0.4, -0.2) is 17.7 Å². The Morgan fingerprint density at radius 3 is 2.69 bits per heavy atom. The smallest absolute Gasteiger partial charge is 0.292 e. The molecule has 6 aromatic rings. The molecule has 0 fully saturated rings. The van der Waals surface area contributed by atoms with Crippen molar-refractivity contribution in [3.8, 4) is 22.1 Å². The Morgan fingerprint density at radius 1 is 0.974 bits per heavy atom. The minimum Gasteiger partial charge on any atom is -0.454 e. The third-order valence-corrected chi connectivity index (χ3v) is 8.90. The number of para-hydroxylation sites is 2. The van der Waals surface area contributed by atoms with Gasteiger partial charge in [-0.25, -0.2) is 4.98 Å². The maximum absolute atomic E-state index is 13.4. The summed E-state index contributed by atoms with van der Waals surface area (Å²) in [6, 6.07) is 22.0. The molecule has 4 heterocycles. The summed E-state index contributed by atoms with van der Waals surface area (Å²) in [5.41, 5.74) is 3.98. The van der Waals surface area contributed by atoms with Crippen molar-refractivity contribution in [3.05, 3.63) is 105 Å². The Bertz CT molecular complexity index is 1940. The second kappa shape index (κ2) is 9.37. The number of amides is 1. The first-order valence-electron chi connectivity index (χ1n) is 12.2. The Morgan fingerprint density at radius 2 is 1.79 bits per heavy atom. The zero-order valence-electron chi connectivity index (χ0n) is 20.6. The van der Waals surface area contributed by atoms with Gasteiger partial charge in [-0.2, -0.15) is 0 Å². The molecule has 9 heteroatoms. The van der Waals surface area contributed by atoms with Gasteiger partial charge in [-0.1, -0.05) is 30.3 Å². The van der Waals surface area contributed by atoms with Crippen LogP contribution in [0.4, 0.5) is 5.00 Å². The van der Waals surface area contributed by atoms with Crippen LogP contribution in [0.5, 0.6) is 11.5 Å². The number of ether oxygens (including phenoxy) is 2. The van der Waals surface area contributed by atoms with Gasteiger partial charge in [-0.15, -0.1) is 22.7 Å². The third kappa shape index (κ3) is 4.25. The van der Waals surface area contributed by atoms with Crippen molar-refractivity contribution in [2.45, 2.75) is 13.3 Å². The molecule has 7 nitrogen and oxygen atoms in total. The lowest BCUT2D eigenvalue weighted by molar-refractivity contribution is 0.0997. The molecule has 0 unspecified atom stereocenters. The van der Waals surface area contributed by atoms with Crippen LogP contribution in [0.25, 0.3) is 31.8 Å². The largest absolute Gasteiger partial charge is 0.454 e. The van der Waals surface area contributed by atoms with Crippen LogP contribution < -0.4 is 20.2 Å². The van der Waals surface area contributed by atoms with Crippen LogP contribution in [0.15, 0.2) is 82.0 Å². The van der Waals surface area contributed by atoms with Crippen molar-refractivity contribution in [2.24, 2.45) is 0 Å². The average Bonchev–Trinajstić information content (AvgIpc) is 3.65. The molecule has 1 amide bonds. The van der Waals surface area contributed by atoms with Gasteiger partial charge in [0, 0.05) is 22.9 Å². The molecule has 0 radical (unpaired) electrons. The van der Waals surface area contributed by atoms with Gasteiger partial charge in [0.1, 0.15) is 15.6 Å². The summed E-state index contributed by atoms with van der Waals surface area (Å²) in [5.74, 6) is 0.933. The van der Waals surface area contributed by atoms with Crippen molar-refractivity contribution in [1.82, 2.24) is 4.98 Å². The molecule has 0 bridgehead atoms. The Balaban J connectivity index is 1.30. The molecule has 3 aromatic heterocycles. The predicted molar refractivity (Wildman–Crippen MR) is 153 cm³/mol. The summed E-state index contributed by atoms with van der Waals surface area (Å²) in [5, 5.41) is 4.92. The standard InChI is InChI=1S/C30H20N2O5S2/c1-16-26(13-17-10-11-22-23(12-17)36-15-35-22)39-30(27(16)29-31-19-7-3-5-9-25(19)38-29)32-28(34)24-14-20(33)18-6-2-4-8-21(18)37-24/h2-12,14H,13,15H2,1H3,(H,32,34). The maximum atomic E-state index is 13.4. The molecule has 0 saturated carbocycles. The second-order valence-corrected chi connectivity index (χ2v) is 11.3. The van der Waals surface area contributed by atoms with Crippen molar-refractivity contribution < 1.29 is 18.7 Å². The Hall–Kier alpha value is -4.47. The molecule has 0 spiro atoms. The first kappa shape index (κ1) is 23.6. The van der Waals surface area contributed by atoms with E-state index in [1.54, 1.807) is 35.6 Å². The van der Waals surface area contributed by atoms with Crippen molar-refractivity contribution >= 4 is 54.8 Å². The molecule has 39 heavy (non-hydrogen) atoms. The molecule has 192 valence electrons. The third-order valence-electron chi connectivity index (χ3n) is 6.64. The van der Waals surface area contributed by atoms with Crippen LogP contribution in [-0.2, 0) is 6.42 Å². The molecule has 1 aliphatic heterocycles. The lowest BCUT2D eigenvalue weighted by Gasteiger charge is -2.06. The minimum atomic E-state index is -0.490. The van der Waals surface area contributed by atoms with Gasteiger partial charge >= 0.3 is 0 Å².